The molecule has 1 N–H and O–H groups in total. The molecule has 0 saturated heterocycles. The number of hydrogen-bond donors (Lipinski definition) is 1. The molecule has 0 aliphatic heterocycles. The first kappa shape index (κ1) is 23.4. The van der Waals surface area contributed by atoms with Crippen LogP contribution in [0.1, 0.15) is 13.8 Å². The quantitative estimate of drug-likeness (QED) is 0.370. The maximum Gasteiger partial charge on any atom is 0.293 e. The fraction of sp³-hybridized carbons (Fsp3) is 0.160. The van der Waals surface area contributed by atoms with E-state index in [1.165, 1.54) is 16.8 Å². The van der Waals surface area contributed by atoms with E-state index in [0.29, 0.717) is 22.6 Å². The Bertz CT molecular complexity index is 1770. The molecule has 3 heterocycles. The Kier molecular flexibility index (Phi) is 5.84. The molecule has 0 aliphatic rings. The van der Waals surface area contributed by atoms with Gasteiger partial charge in [0.25, 0.3) is 5.56 Å². The highest BCUT2D eigenvalue weighted by molar-refractivity contribution is 7.92. The highest BCUT2D eigenvalue weighted by Gasteiger charge is 2.25. The lowest BCUT2D eigenvalue weighted by Gasteiger charge is -2.12. The van der Waals surface area contributed by atoms with E-state index < -0.39 is 20.6 Å². The van der Waals surface area contributed by atoms with Crippen molar-refractivity contribution in [1.29, 1.82) is 0 Å². The first-order valence-electron chi connectivity index (χ1n) is 11.1. The van der Waals surface area contributed by atoms with Crippen LogP contribution in [0.5, 0.6) is 5.75 Å². The van der Waals surface area contributed by atoms with Crippen LogP contribution < -0.4 is 15.6 Å². The van der Waals surface area contributed by atoms with Crippen LogP contribution in [-0.4, -0.2) is 45.3 Å². The summed E-state index contributed by atoms with van der Waals surface area (Å²) < 4.78 is 33.0. The molecule has 11 heteroatoms. The molecule has 5 aromatic rings. The van der Waals surface area contributed by atoms with E-state index in [9.17, 15) is 13.2 Å². The molecule has 36 heavy (non-hydrogen) atoms. The van der Waals surface area contributed by atoms with Crippen molar-refractivity contribution in [2.24, 2.45) is 0 Å². The fourth-order valence-electron chi connectivity index (χ4n) is 3.70. The summed E-state index contributed by atoms with van der Waals surface area (Å²) in [6, 6.07) is 17.0. The van der Waals surface area contributed by atoms with Crippen LogP contribution in [0.15, 0.2) is 76.6 Å². The van der Waals surface area contributed by atoms with Crippen LogP contribution in [0.25, 0.3) is 27.9 Å². The summed E-state index contributed by atoms with van der Waals surface area (Å²) >= 11 is 0. The molecule has 0 bridgehead atoms. The minimum atomic E-state index is -3.67. The molecule has 5 rings (SSSR count). The van der Waals surface area contributed by atoms with Crippen molar-refractivity contribution in [3.63, 3.8) is 0 Å². The summed E-state index contributed by atoms with van der Waals surface area (Å²) in [5.74, 6) is 1.21. The normalized spacial score (nSPS) is 11.8. The van der Waals surface area contributed by atoms with Crippen molar-refractivity contribution in [2.75, 3.05) is 12.4 Å². The zero-order valence-electron chi connectivity index (χ0n) is 19.7. The van der Waals surface area contributed by atoms with Gasteiger partial charge in [-0.2, -0.15) is 4.52 Å². The summed E-state index contributed by atoms with van der Waals surface area (Å²) in [5.41, 5.74) is 0.986. The topological polar surface area (TPSA) is 128 Å². The van der Waals surface area contributed by atoms with Gasteiger partial charge in [0.05, 0.1) is 22.8 Å². The average Bonchev–Trinajstić information content (AvgIpc) is 3.23. The Hall–Kier alpha value is -4.38. The summed E-state index contributed by atoms with van der Waals surface area (Å²) in [6.07, 6.45) is 1.39. The number of hydrogen-bond acceptors (Lipinski definition) is 9. The van der Waals surface area contributed by atoms with Gasteiger partial charge in [-0.1, -0.05) is 12.1 Å². The van der Waals surface area contributed by atoms with Gasteiger partial charge < -0.3 is 10.1 Å². The molecule has 10 nitrogen and oxygen atoms in total. The Morgan fingerprint density at radius 3 is 2.47 bits per heavy atom. The van der Waals surface area contributed by atoms with Crippen LogP contribution in [0.3, 0.4) is 0 Å². The molecule has 182 valence electrons. The number of fused-ring (bicyclic) bond motifs is 3. The van der Waals surface area contributed by atoms with Crippen molar-refractivity contribution < 1.29 is 13.2 Å². The molecule has 0 radical (unpaired) electrons. The highest BCUT2D eigenvalue weighted by atomic mass is 32.2. The predicted molar refractivity (Wildman–Crippen MR) is 136 cm³/mol. The largest absolute Gasteiger partial charge is 0.497 e. The molecule has 0 fully saturated rings. The third-order valence-corrected chi connectivity index (χ3v) is 7.85. The van der Waals surface area contributed by atoms with Gasteiger partial charge in [0.2, 0.25) is 5.95 Å². The number of nitrogens with one attached hydrogen (secondary N) is 1. The van der Waals surface area contributed by atoms with E-state index in [0.717, 1.165) is 5.56 Å². The highest BCUT2D eigenvalue weighted by Crippen LogP contribution is 2.31. The molecule has 0 amide bonds. The summed E-state index contributed by atoms with van der Waals surface area (Å²) in [4.78, 5) is 25.7. The van der Waals surface area contributed by atoms with Crippen LogP contribution in [0.4, 0.5) is 11.6 Å². The number of anilines is 2. The lowest BCUT2D eigenvalue weighted by molar-refractivity contribution is 0.415. The molecule has 2 aromatic carbocycles. The second-order valence-corrected chi connectivity index (χ2v) is 10.7. The Morgan fingerprint density at radius 1 is 0.972 bits per heavy atom. The lowest BCUT2D eigenvalue weighted by atomic mass is 10.2. The number of rotatable bonds is 6. The number of aromatic nitrogens is 5. The number of para-hydroxylation sites is 1. The first-order valence-corrected chi connectivity index (χ1v) is 12.6. The molecule has 0 aliphatic carbocycles. The zero-order chi connectivity index (χ0) is 25.4. The molecule has 0 saturated carbocycles. The van der Waals surface area contributed by atoms with Gasteiger partial charge in [-0.15, -0.1) is 5.10 Å². The van der Waals surface area contributed by atoms with Gasteiger partial charge in [0.15, 0.2) is 21.3 Å². The summed E-state index contributed by atoms with van der Waals surface area (Å²) in [6.45, 7) is 3.23. The van der Waals surface area contributed by atoms with Crippen LogP contribution in [-0.2, 0) is 9.84 Å². The molecule has 0 spiro atoms. The second-order valence-electron chi connectivity index (χ2n) is 8.25. The van der Waals surface area contributed by atoms with Crippen LogP contribution in [0, 0.1) is 0 Å². The van der Waals surface area contributed by atoms with Gasteiger partial charge >= 0.3 is 0 Å². The van der Waals surface area contributed by atoms with E-state index in [1.54, 1.807) is 63.4 Å². The third-order valence-electron chi connectivity index (χ3n) is 5.67. The summed E-state index contributed by atoms with van der Waals surface area (Å²) in [5, 5.41) is 7.45. The molecule has 0 atom stereocenters. The minimum Gasteiger partial charge on any atom is -0.497 e. The Labute approximate surface area is 206 Å². The van der Waals surface area contributed by atoms with Gasteiger partial charge in [0, 0.05) is 17.1 Å². The average molecular weight is 503 g/mol. The monoisotopic (exact) mass is 502 g/mol. The third kappa shape index (κ3) is 4.03. The van der Waals surface area contributed by atoms with Crippen molar-refractivity contribution in [3.05, 3.63) is 77.2 Å². The first-order chi connectivity index (χ1) is 17.3. The molecule has 3 aromatic heterocycles. The fourth-order valence-corrected chi connectivity index (χ4v) is 4.90. The maximum atomic E-state index is 13.2. The molecular formula is C25H22N6O4S. The number of sulfone groups is 1. The maximum absolute atomic E-state index is 13.2. The number of ether oxygens (including phenoxy) is 1. The Balaban J connectivity index is 1.82. The van der Waals surface area contributed by atoms with Gasteiger partial charge in [-0.25, -0.2) is 23.4 Å². The molecule has 0 unspecified atom stereocenters. The Morgan fingerprint density at radius 2 is 1.75 bits per heavy atom. The van der Waals surface area contributed by atoms with Gasteiger partial charge in [-0.05, 0) is 62.4 Å². The summed E-state index contributed by atoms with van der Waals surface area (Å²) in [7, 11) is -2.09. The SMILES string of the molecule is COc1ccc(-c2nc3c4cccc(S(=O)(=O)C(C)C)c4nc(Nc4ccccnc4=O)n3n2)cc1. The standard InChI is InChI=1S/C25H22N6O4S/c1-15(2)36(33,34)20-9-6-7-18-21(20)28-25(27-19-8-4-5-14-26-24(19)32)31-23(18)29-22(30-31)16-10-12-17(35-3)13-11-16/h4-15H,1-3H3,(H,26,27,28,32). The smallest absolute Gasteiger partial charge is 0.293 e. The molecular weight excluding hydrogens is 480 g/mol. The van der Waals surface area contributed by atoms with E-state index in [4.69, 9.17) is 9.72 Å². The van der Waals surface area contributed by atoms with Gasteiger partial charge in [0.1, 0.15) is 11.4 Å². The van der Waals surface area contributed by atoms with E-state index >= 15 is 0 Å². The van der Waals surface area contributed by atoms with Crippen molar-refractivity contribution in [2.45, 2.75) is 24.0 Å². The van der Waals surface area contributed by atoms with Crippen LogP contribution >= 0.6 is 0 Å². The minimum absolute atomic E-state index is 0.0774. The second kappa shape index (κ2) is 9.00. The van der Waals surface area contributed by atoms with Crippen molar-refractivity contribution >= 4 is 38.0 Å². The van der Waals surface area contributed by atoms with E-state index in [1.807, 2.05) is 12.1 Å². The lowest BCUT2D eigenvalue weighted by Crippen LogP contribution is -2.16. The van der Waals surface area contributed by atoms with E-state index in [-0.39, 0.29) is 22.0 Å². The predicted octanol–water partition coefficient (Wildman–Crippen LogP) is 3.63. The van der Waals surface area contributed by atoms with Gasteiger partial charge in [-0.3, -0.25) is 4.79 Å². The van der Waals surface area contributed by atoms with Crippen molar-refractivity contribution in [1.82, 2.24) is 24.6 Å². The zero-order valence-corrected chi connectivity index (χ0v) is 20.5. The van der Waals surface area contributed by atoms with Crippen LogP contribution in [0.2, 0.25) is 0 Å². The number of benzene rings is 2. The number of nitrogens with zero attached hydrogens (tertiary/aromatic N) is 5. The number of methoxy groups -OCH3 is 1. The van der Waals surface area contributed by atoms with E-state index in [2.05, 4.69) is 20.4 Å². The van der Waals surface area contributed by atoms with Crippen molar-refractivity contribution in [3.8, 4) is 17.1 Å².